The number of benzene rings is 1. The summed E-state index contributed by atoms with van der Waals surface area (Å²) >= 11 is 6.08. The highest BCUT2D eigenvalue weighted by molar-refractivity contribution is 6.31. The molecule has 1 N–H and O–H groups in total. The molecule has 1 aliphatic heterocycles. The van der Waals surface area contributed by atoms with Gasteiger partial charge in [-0.3, -0.25) is 0 Å². The molecule has 0 saturated carbocycles. The third-order valence-electron chi connectivity index (χ3n) is 3.56. The van der Waals surface area contributed by atoms with Crippen LogP contribution in [0, 0.1) is 11.7 Å². The SMILES string of the molecule is CC(C)C1CC(O)(c2cc(F)ccc2Cl)CCO1. The average Bonchev–Trinajstić information content (AvgIpc) is 2.32. The van der Waals surface area contributed by atoms with Gasteiger partial charge in [-0.1, -0.05) is 25.4 Å². The molecule has 1 aromatic rings. The number of aliphatic hydroxyl groups is 1. The first-order valence-electron chi connectivity index (χ1n) is 6.22. The third-order valence-corrected chi connectivity index (χ3v) is 3.89. The van der Waals surface area contributed by atoms with Crippen LogP contribution in [0.4, 0.5) is 4.39 Å². The molecule has 0 aliphatic carbocycles. The highest BCUT2D eigenvalue weighted by Gasteiger charge is 2.39. The standard InChI is InChI=1S/C14H18ClFO2/c1-9(2)13-8-14(17,5-6-18-13)11-7-10(16)3-4-12(11)15/h3-4,7,9,13,17H,5-6,8H2,1-2H3. The third kappa shape index (κ3) is 2.68. The zero-order valence-corrected chi connectivity index (χ0v) is 11.4. The molecule has 100 valence electrons. The van der Waals surface area contributed by atoms with Crippen molar-refractivity contribution < 1.29 is 14.2 Å². The molecule has 1 heterocycles. The molecule has 4 heteroatoms. The zero-order valence-electron chi connectivity index (χ0n) is 10.6. The molecule has 1 fully saturated rings. The van der Waals surface area contributed by atoms with Crippen molar-refractivity contribution >= 4 is 11.6 Å². The van der Waals surface area contributed by atoms with E-state index in [1.807, 2.05) is 13.8 Å². The van der Waals surface area contributed by atoms with E-state index in [0.29, 0.717) is 36.0 Å². The number of hydrogen-bond acceptors (Lipinski definition) is 2. The molecule has 2 atom stereocenters. The Bertz CT molecular complexity index is 436. The molecule has 0 amide bonds. The fourth-order valence-corrected chi connectivity index (χ4v) is 2.69. The van der Waals surface area contributed by atoms with Crippen molar-refractivity contribution in [3.05, 3.63) is 34.6 Å². The van der Waals surface area contributed by atoms with Gasteiger partial charge >= 0.3 is 0 Å². The second kappa shape index (κ2) is 5.16. The minimum Gasteiger partial charge on any atom is -0.385 e. The van der Waals surface area contributed by atoms with Crippen molar-refractivity contribution in [2.24, 2.45) is 5.92 Å². The topological polar surface area (TPSA) is 29.5 Å². The quantitative estimate of drug-likeness (QED) is 0.893. The lowest BCUT2D eigenvalue weighted by atomic mass is 9.81. The maximum Gasteiger partial charge on any atom is 0.123 e. The molecule has 0 spiro atoms. The first-order chi connectivity index (χ1) is 8.42. The van der Waals surface area contributed by atoms with Crippen molar-refractivity contribution in [3.63, 3.8) is 0 Å². The first kappa shape index (κ1) is 13.8. The summed E-state index contributed by atoms with van der Waals surface area (Å²) < 4.78 is 19.0. The van der Waals surface area contributed by atoms with Gasteiger partial charge < -0.3 is 9.84 Å². The van der Waals surface area contributed by atoms with Gasteiger partial charge in [0.15, 0.2) is 0 Å². The summed E-state index contributed by atoms with van der Waals surface area (Å²) in [7, 11) is 0. The Hall–Kier alpha value is -0.640. The van der Waals surface area contributed by atoms with E-state index in [4.69, 9.17) is 16.3 Å². The predicted molar refractivity (Wildman–Crippen MR) is 69.1 cm³/mol. The molecular weight excluding hydrogens is 255 g/mol. The fraction of sp³-hybridized carbons (Fsp3) is 0.571. The summed E-state index contributed by atoms with van der Waals surface area (Å²) in [5.74, 6) is -0.0698. The Labute approximate surface area is 112 Å². The van der Waals surface area contributed by atoms with Crippen molar-refractivity contribution in [1.82, 2.24) is 0 Å². The van der Waals surface area contributed by atoms with Crippen LogP contribution in [-0.2, 0) is 10.3 Å². The second-order valence-electron chi connectivity index (χ2n) is 5.26. The molecule has 2 unspecified atom stereocenters. The van der Waals surface area contributed by atoms with Crippen molar-refractivity contribution in [2.45, 2.75) is 38.4 Å². The van der Waals surface area contributed by atoms with Gasteiger partial charge in [0.1, 0.15) is 5.82 Å². The second-order valence-corrected chi connectivity index (χ2v) is 5.67. The van der Waals surface area contributed by atoms with E-state index in [0.717, 1.165) is 0 Å². The Kier molecular flexibility index (Phi) is 3.95. The number of hydrogen-bond donors (Lipinski definition) is 1. The van der Waals surface area contributed by atoms with Crippen LogP contribution in [0.25, 0.3) is 0 Å². The Morgan fingerprint density at radius 2 is 2.22 bits per heavy atom. The van der Waals surface area contributed by atoms with Crippen LogP contribution in [0.15, 0.2) is 18.2 Å². The molecule has 0 aromatic heterocycles. The van der Waals surface area contributed by atoms with E-state index in [-0.39, 0.29) is 11.9 Å². The molecule has 1 aromatic carbocycles. The number of halogens is 2. The van der Waals surface area contributed by atoms with Crippen molar-refractivity contribution in [1.29, 1.82) is 0 Å². The summed E-state index contributed by atoms with van der Waals surface area (Å²) in [6.07, 6.45) is 0.871. The molecule has 1 saturated heterocycles. The van der Waals surface area contributed by atoms with Gasteiger partial charge in [-0.2, -0.15) is 0 Å². The van der Waals surface area contributed by atoms with Gasteiger partial charge in [-0.05, 0) is 24.1 Å². The normalized spacial score (nSPS) is 28.7. The van der Waals surface area contributed by atoms with E-state index in [9.17, 15) is 9.50 Å². The van der Waals surface area contributed by atoms with Gasteiger partial charge in [0, 0.05) is 23.4 Å². The van der Waals surface area contributed by atoms with Gasteiger partial charge in [-0.25, -0.2) is 4.39 Å². The van der Waals surface area contributed by atoms with Crippen LogP contribution in [-0.4, -0.2) is 17.8 Å². The summed E-state index contributed by atoms with van der Waals surface area (Å²) in [4.78, 5) is 0. The molecule has 0 radical (unpaired) electrons. The Morgan fingerprint density at radius 3 is 2.89 bits per heavy atom. The van der Waals surface area contributed by atoms with Crippen molar-refractivity contribution in [2.75, 3.05) is 6.61 Å². The van der Waals surface area contributed by atoms with Gasteiger partial charge in [0.25, 0.3) is 0 Å². The lowest BCUT2D eigenvalue weighted by Gasteiger charge is -2.39. The molecule has 2 rings (SSSR count). The summed E-state index contributed by atoms with van der Waals surface area (Å²) in [6, 6.07) is 4.11. The van der Waals surface area contributed by atoms with E-state index in [2.05, 4.69) is 0 Å². The van der Waals surface area contributed by atoms with E-state index >= 15 is 0 Å². The minimum absolute atomic E-state index is 0.0249. The lowest BCUT2D eigenvalue weighted by molar-refractivity contribution is -0.121. The zero-order chi connectivity index (χ0) is 13.3. The molecule has 1 aliphatic rings. The highest BCUT2D eigenvalue weighted by atomic mass is 35.5. The van der Waals surface area contributed by atoms with Crippen LogP contribution in [0.2, 0.25) is 5.02 Å². The largest absolute Gasteiger partial charge is 0.385 e. The van der Waals surface area contributed by atoms with E-state index < -0.39 is 5.60 Å². The van der Waals surface area contributed by atoms with Gasteiger partial charge in [0.05, 0.1) is 18.3 Å². The molecule has 0 bridgehead atoms. The lowest BCUT2D eigenvalue weighted by Crippen LogP contribution is -2.41. The maximum absolute atomic E-state index is 13.3. The summed E-state index contributed by atoms with van der Waals surface area (Å²) in [6.45, 7) is 4.55. The van der Waals surface area contributed by atoms with E-state index in [1.165, 1.54) is 18.2 Å². The fourth-order valence-electron chi connectivity index (χ4n) is 2.40. The molecule has 2 nitrogen and oxygen atoms in total. The molecular formula is C14H18ClFO2. The molecule has 18 heavy (non-hydrogen) atoms. The first-order valence-corrected chi connectivity index (χ1v) is 6.60. The Balaban J connectivity index is 2.32. The van der Waals surface area contributed by atoms with Crippen LogP contribution < -0.4 is 0 Å². The Morgan fingerprint density at radius 1 is 1.50 bits per heavy atom. The maximum atomic E-state index is 13.3. The van der Waals surface area contributed by atoms with Crippen LogP contribution >= 0.6 is 11.6 Å². The summed E-state index contributed by atoms with van der Waals surface area (Å²) in [5.41, 5.74) is -0.620. The van der Waals surface area contributed by atoms with Crippen molar-refractivity contribution in [3.8, 4) is 0 Å². The van der Waals surface area contributed by atoms with E-state index in [1.54, 1.807) is 0 Å². The summed E-state index contributed by atoms with van der Waals surface area (Å²) in [5, 5.41) is 11.1. The number of ether oxygens (including phenoxy) is 1. The average molecular weight is 273 g/mol. The number of rotatable bonds is 2. The minimum atomic E-state index is -1.09. The van der Waals surface area contributed by atoms with Crippen LogP contribution in [0.1, 0.15) is 32.3 Å². The monoisotopic (exact) mass is 272 g/mol. The van der Waals surface area contributed by atoms with Gasteiger partial charge in [0.2, 0.25) is 0 Å². The predicted octanol–water partition coefficient (Wildman–Crippen LogP) is 3.50. The van der Waals surface area contributed by atoms with Crippen LogP contribution in [0.5, 0.6) is 0 Å². The highest BCUT2D eigenvalue weighted by Crippen LogP contribution is 2.39. The van der Waals surface area contributed by atoms with Gasteiger partial charge in [-0.15, -0.1) is 0 Å². The van der Waals surface area contributed by atoms with Crippen LogP contribution in [0.3, 0.4) is 0 Å². The smallest absolute Gasteiger partial charge is 0.123 e.